The maximum absolute atomic E-state index is 6.14. The summed E-state index contributed by atoms with van der Waals surface area (Å²) < 4.78 is 1.96. The molecule has 0 atom stereocenters. The molecule has 0 N–H and O–H groups in total. The summed E-state index contributed by atoms with van der Waals surface area (Å²) in [5.74, 6) is 0. The third-order valence-corrected chi connectivity index (χ3v) is 6.65. The van der Waals surface area contributed by atoms with E-state index >= 15 is 0 Å². The first kappa shape index (κ1) is 19.3. The molecule has 1 aliphatic rings. The van der Waals surface area contributed by atoms with Crippen LogP contribution >= 0.6 is 11.6 Å². The molecule has 0 saturated carbocycles. The van der Waals surface area contributed by atoms with Crippen LogP contribution in [0.15, 0.2) is 72.8 Å². The van der Waals surface area contributed by atoms with Crippen LogP contribution in [-0.2, 0) is 12.8 Å². The van der Waals surface area contributed by atoms with Crippen LogP contribution < -0.4 is 0 Å². The van der Waals surface area contributed by atoms with E-state index in [4.69, 9.17) is 21.7 Å². The largest absolute Gasteiger partial charge is 0.232 e. The Kier molecular flexibility index (Phi) is 4.41. The van der Waals surface area contributed by atoms with Crippen molar-refractivity contribution in [3.8, 4) is 27.9 Å². The van der Waals surface area contributed by atoms with Gasteiger partial charge in [0.25, 0.3) is 0 Å². The number of hydrogen-bond donors (Lipinski definition) is 0. The average Bonchev–Trinajstić information content (AvgIpc) is 3.14. The highest BCUT2D eigenvalue weighted by Crippen LogP contribution is 2.44. The summed E-state index contributed by atoms with van der Waals surface area (Å²) in [6.45, 7) is 4.20. The van der Waals surface area contributed by atoms with Gasteiger partial charge in [0.1, 0.15) is 0 Å². The highest BCUT2D eigenvalue weighted by molar-refractivity contribution is 6.30. The van der Waals surface area contributed by atoms with Gasteiger partial charge in [-0.05, 0) is 67.6 Å². The van der Waals surface area contributed by atoms with Crippen molar-refractivity contribution in [1.82, 2.24) is 14.8 Å². The predicted octanol–water partition coefficient (Wildman–Crippen LogP) is 7.12. The first-order chi connectivity index (χ1) is 15.6. The average molecular weight is 436 g/mol. The Bertz CT molecular complexity index is 1480. The standard InChI is InChI=1S/C28H22ClN3/c1-17-7-9-20(10-8-17)26-25-18(2)31-32(22-14-12-21(29)13-15-22)28(25)30-24-16-11-19-5-3-4-6-23(19)27(24)26/h3-10,12-15H,11,16H2,1-2H3. The van der Waals surface area contributed by atoms with Crippen LogP contribution in [0.25, 0.3) is 39.0 Å². The first-order valence-electron chi connectivity index (χ1n) is 10.9. The molecule has 0 amide bonds. The van der Waals surface area contributed by atoms with Crippen molar-refractivity contribution in [3.05, 3.63) is 100 Å². The topological polar surface area (TPSA) is 30.7 Å². The molecule has 156 valence electrons. The first-order valence-corrected chi connectivity index (χ1v) is 11.3. The summed E-state index contributed by atoms with van der Waals surface area (Å²) in [4.78, 5) is 5.21. The summed E-state index contributed by atoms with van der Waals surface area (Å²) in [7, 11) is 0. The normalized spacial score (nSPS) is 12.6. The SMILES string of the molecule is Cc1ccc(-c2c3c(nc4c2c(C)nn4-c2ccc(Cl)cc2)CCc2ccccc2-3)cc1. The molecule has 3 aromatic carbocycles. The number of rotatable bonds is 2. The van der Waals surface area contributed by atoms with Gasteiger partial charge < -0.3 is 0 Å². The third kappa shape index (κ3) is 2.96. The fourth-order valence-corrected chi connectivity index (χ4v) is 4.97. The van der Waals surface area contributed by atoms with Gasteiger partial charge in [0.2, 0.25) is 0 Å². The summed E-state index contributed by atoms with van der Waals surface area (Å²) in [6, 6.07) is 25.3. The highest BCUT2D eigenvalue weighted by Gasteiger charge is 2.26. The lowest BCUT2D eigenvalue weighted by molar-refractivity contribution is 0.859. The van der Waals surface area contributed by atoms with Gasteiger partial charge in [-0.15, -0.1) is 0 Å². The molecule has 2 aromatic heterocycles. The molecule has 3 nitrogen and oxygen atoms in total. The number of benzene rings is 3. The second kappa shape index (κ2) is 7.32. The molecule has 5 aromatic rings. The van der Waals surface area contributed by atoms with Gasteiger partial charge in [-0.25, -0.2) is 9.67 Å². The molecule has 0 spiro atoms. The van der Waals surface area contributed by atoms with Crippen molar-refractivity contribution in [2.75, 3.05) is 0 Å². The van der Waals surface area contributed by atoms with Crippen molar-refractivity contribution in [2.24, 2.45) is 0 Å². The Morgan fingerprint density at radius 2 is 1.56 bits per heavy atom. The van der Waals surface area contributed by atoms with Crippen molar-refractivity contribution in [3.63, 3.8) is 0 Å². The predicted molar refractivity (Wildman–Crippen MR) is 132 cm³/mol. The maximum Gasteiger partial charge on any atom is 0.164 e. The second-order valence-corrected chi connectivity index (χ2v) is 8.94. The van der Waals surface area contributed by atoms with Gasteiger partial charge >= 0.3 is 0 Å². The zero-order valence-corrected chi connectivity index (χ0v) is 18.8. The van der Waals surface area contributed by atoms with E-state index in [0.29, 0.717) is 5.02 Å². The van der Waals surface area contributed by atoms with Crippen LogP contribution in [0.4, 0.5) is 0 Å². The summed E-state index contributed by atoms with van der Waals surface area (Å²) in [5.41, 5.74) is 11.6. The van der Waals surface area contributed by atoms with E-state index in [1.54, 1.807) is 0 Å². The number of aromatic nitrogens is 3. The lowest BCUT2D eigenvalue weighted by atomic mass is 9.82. The van der Waals surface area contributed by atoms with Crippen LogP contribution in [0.1, 0.15) is 22.5 Å². The van der Waals surface area contributed by atoms with E-state index in [9.17, 15) is 0 Å². The van der Waals surface area contributed by atoms with Gasteiger partial charge in [-0.1, -0.05) is 65.7 Å². The zero-order valence-electron chi connectivity index (χ0n) is 18.1. The van der Waals surface area contributed by atoms with E-state index in [1.807, 2.05) is 28.9 Å². The number of pyridine rings is 1. The lowest BCUT2D eigenvalue weighted by Gasteiger charge is -2.23. The quantitative estimate of drug-likeness (QED) is 0.295. The molecule has 0 bridgehead atoms. The number of halogens is 1. The maximum atomic E-state index is 6.14. The van der Waals surface area contributed by atoms with Crippen LogP contribution in [-0.4, -0.2) is 14.8 Å². The minimum Gasteiger partial charge on any atom is -0.232 e. The number of fused-ring (bicyclic) bond motifs is 4. The monoisotopic (exact) mass is 435 g/mol. The van der Waals surface area contributed by atoms with E-state index in [2.05, 4.69) is 62.4 Å². The van der Waals surface area contributed by atoms with Gasteiger partial charge in [-0.2, -0.15) is 5.10 Å². The van der Waals surface area contributed by atoms with Crippen molar-refractivity contribution >= 4 is 22.6 Å². The Morgan fingerprint density at radius 3 is 2.34 bits per heavy atom. The van der Waals surface area contributed by atoms with Crippen LogP contribution in [0, 0.1) is 13.8 Å². The molecule has 0 saturated heterocycles. The molecule has 0 radical (unpaired) electrons. The van der Waals surface area contributed by atoms with E-state index < -0.39 is 0 Å². The van der Waals surface area contributed by atoms with Crippen LogP contribution in [0.5, 0.6) is 0 Å². The van der Waals surface area contributed by atoms with Gasteiger partial charge in [0.15, 0.2) is 5.65 Å². The third-order valence-electron chi connectivity index (χ3n) is 6.39. The molecule has 2 heterocycles. The van der Waals surface area contributed by atoms with E-state index in [1.165, 1.54) is 33.4 Å². The van der Waals surface area contributed by atoms with E-state index in [0.717, 1.165) is 41.0 Å². The molecule has 0 aliphatic heterocycles. The summed E-state index contributed by atoms with van der Waals surface area (Å²) in [6.07, 6.45) is 1.93. The number of hydrogen-bond acceptors (Lipinski definition) is 2. The minimum atomic E-state index is 0.712. The Balaban J connectivity index is 1.74. The molecule has 4 heteroatoms. The molecule has 32 heavy (non-hydrogen) atoms. The fraction of sp³-hybridized carbons (Fsp3) is 0.143. The Morgan fingerprint density at radius 1 is 0.812 bits per heavy atom. The molecule has 0 fully saturated rings. The smallest absolute Gasteiger partial charge is 0.164 e. The van der Waals surface area contributed by atoms with Crippen molar-refractivity contribution in [2.45, 2.75) is 26.7 Å². The molecule has 1 aliphatic carbocycles. The van der Waals surface area contributed by atoms with E-state index in [-0.39, 0.29) is 0 Å². The minimum absolute atomic E-state index is 0.712. The highest BCUT2D eigenvalue weighted by atomic mass is 35.5. The summed E-state index contributed by atoms with van der Waals surface area (Å²) >= 11 is 6.14. The fourth-order valence-electron chi connectivity index (χ4n) is 4.84. The molecule has 0 unspecified atom stereocenters. The van der Waals surface area contributed by atoms with Crippen molar-refractivity contribution < 1.29 is 0 Å². The van der Waals surface area contributed by atoms with Crippen molar-refractivity contribution in [1.29, 1.82) is 0 Å². The second-order valence-electron chi connectivity index (χ2n) is 8.50. The number of nitrogens with zero attached hydrogens (tertiary/aromatic N) is 3. The lowest BCUT2D eigenvalue weighted by Crippen LogP contribution is -2.09. The Labute approximate surface area is 192 Å². The zero-order chi connectivity index (χ0) is 21.8. The summed E-state index contributed by atoms with van der Waals surface area (Å²) in [5, 5.41) is 6.75. The van der Waals surface area contributed by atoms with Gasteiger partial charge in [0.05, 0.1) is 22.5 Å². The van der Waals surface area contributed by atoms with Crippen LogP contribution in [0.3, 0.4) is 0 Å². The van der Waals surface area contributed by atoms with Gasteiger partial charge in [-0.3, -0.25) is 0 Å². The number of aryl methyl sites for hydroxylation is 4. The Hall–Kier alpha value is -3.43. The molecular formula is C28H22ClN3. The molecule has 6 rings (SSSR count). The van der Waals surface area contributed by atoms with Gasteiger partial charge in [0, 0.05) is 16.1 Å². The van der Waals surface area contributed by atoms with Crippen LogP contribution in [0.2, 0.25) is 5.02 Å². The molecular weight excluding hydrogens is 414 g/mol.